The van der Waals surface area contributed by atoms with E-state index in [1.54, 1.807) is 36.0 Å². The maximum atomic E-state index is 14.3. The van der Waals surface area contributed by atoms with Gasteiger partial charge in [0.1, 0.15) is 17.3 Å². The Morgan fingerprint density at radius 2 is 1.85 bits per heavy atom. The number of halogens is 2. The van der Waals surface area contributed by atoms with Crippen molar-refractivity contribution >= 4 is 40.3 Å². The highest BCUT2D eigenvalue weighted by Crippen LogP contribution is 2.41. The SMILES string of the molecule is CCOC(=O)C(c1ncn2c1C[C@@H](F)C2)n1cc2c(Cl)cc(-c3ccc(N4CCN(C(=O)OC(C)(C)C)CC4)cc3)c(OC)c2n1. The molecule has 13 heteroatoms. The minimum Gasteiger partial charge on any atom is -0.494 e. The Hall–Kier alpha value is -4.32. The molecule has 46 heavy (non-hydrogen) atoms. The van der Waals surface area contributed by atoms with Crippen molar-refractivity contribution in [3.8, 4) is 16.9 Å². The molecule has 2 aromatic heterocycles. The molecule has 1 amide bonds. The Morgan fingerprint density at radius 3 is 2.50 bits per heavy atom. The number of rotatable bonds is 7. The summed E-state index contributed by atoms with van der Waals surface area (Å²) in [7, 11) is 1.57. The number of imidazole rings is 1. The minimum absolute atomic E-state index is 0.162. The summed E-state index contributed by atoms with van der Waals surface area (Å²) in [5, 5.41) is 5.81. The molecule has 11 nitrogen and oxygen atoms in total. The van der Waals surface area contributed by atoms with Crippen LogP contribution in [-0.2, 0) is 27.2 Å². The van der Waals surface area contributed by atoms with Gasteiger partial charge >= 0.3 is 12.1 Å². The number of fused-ring (bicyclic) bond motifs is 2. The molecule has 4 heterocycles. The zero-order chi connectivity index (χ0) is 32.7. The maximum absolute atomic E-state index is 14.3. The molecule has 244 valence electrons. The fourth-order valence-electron chi connectivity index (χ4n) is 6.10. The summed E-state index contributed by atoms with van der Waals surface area (Å²) < 4.78 is 34.3. The number of aromatic nitrogens is 4. The first kappa shape index (κ1) is 31.7. The van der Waals surface area contributed by atoms with Crippen LogP contribution in [0.4, 0.5) is 14.9 Å². The van der Waals surface area contributed by atoms with Gasteiger partial charge in [-0.15, -0.1) is 0 Å². The monoisotopic (exact) mass is 652 g/mol. The number of nitrogens with zero attached hydrogens (tertiary/aromatic N) is 6. The highest BCUT2D eigenvalue weighted by Gasteiger charge is 2.35. The highest BCUT2D eigenvalue weighted by atomic mass is 35.5. The second kappa shape index (κ2) is 12.5. The van der Waals surface area contributed by atoms with Crippen molar-refractivity contribution in [2.24, 2.45) is 0 Å². The van der Waals surface area contributed by atoms with Crippen molar-refractivity contribution in [3.63, 3.8) is 0 Å². The van der Waals surface area contributed by atoms with Crippen molar-refractivity contribution in [1.29, 1.82) is 0 Å². The van der Waals surface area contributed by atoms with E-state index in [1.165, 1.54) is 4.68 Å². The predicted molar refractivity (Wildman–Crippen MR) is 172 cm³/mol. The second-order valence-corrected chi connectivity index (χ2v) is 12.9. The van der Waals surface area contributed by atoms with Gasteiger partial charge in [-0.2, -0.15) is 5.10 Å². The predicted octanol–water partition coefficient (Wildman–Crippen LogP) is 5.67. The van der Waals surface area contributed by atoms with E-state index >= 15 is 0 Å². The average Bonchev–Trinajstić information content (AvgIpc) is 3.72. The quantitative estimate of drug-likeness (QED) is 0.236. The van der Waals surface area contributed by atoms with Crippen molar-refractivity contribution in [1.82, 2.24) is 24.2 Å². The molecule has 1 fully saturated rings. The van der Waals surface area contributed by atoms with E-state index in [1.807, 2.05) is 51.1 Å². The van der Waals surface area contributed by atoms with Crippen LogP contribution in [0, 0.1) is 0 Å². The first-order valence-electron chi connectivity index (χ1n) is 15.4. The summed E-state index contributed by atoms with van der Waals surface area (Å²) in [6, 6.07) is 8.86. The van der Waals surface area contributed by atoms with Gasteiger partial charge in [-0.1, -0.05) is 23.7 Å². The number of esters is 1. The first-order valence-corrected chi connectivity index (χ1v) is 15.8. The second-order valence-electron chi connectivity index (χ2n) is 12.5. The molecule has 0 bridgehead atoms. The van der Waals surface area contributed by atoms with Crippen LogP contribution in [-0.4, -0.2) is 88.0 Å². The van der Waals surface area contributed by atoms with Gasteiger partial charge < -0.3 is 28.6 Å². The molecule has 6 rings (SSSR count). The lowest BCUT2D eigenvalue weighted by Gasteiger charge is -2.36. The van der Waals surface area contributed by atoms with Crippen LogP contribution >= 0.6 is 11.6 Å². The van der Waals surface area contributed by atoms with Crippen LogP contribution in [0.25, 0.3) is 22.0 Å². The Labute approximate surface area is 271 Å². The van der Waals surface area contributed by atoms with Gasteiger partial charge in [0.2, 0.25) is 0 Å². The normalized spacial score (nSPS) is 17.2. The van der Waals surface area contributed by atoms with Crippen LogP contribution in [0.2, 0.25) is 5.02 Å². The molecule has 0 spiro atoms. The van der Waals surface area contributed by atoms with Gasteiger partial charge in [0.25, 0.3) is 0 Å². The summed E-state index contributed by atoms with van der Waals surface area (Å²) in [5.74, 6) is -0.0460. The van der Waals surface area contributed by atoms with Gasteiger partial charge in [0, 0.05) is 61.1 Å². The summed E-state index contributed by atoms with van der Waals surface area (Å²) in [6.45, 7) is 10.2. The molecule has 2 aliphatic rings. The third kappa shape index (κ3) is 6.10. The van der Waals surface area contributed by atoms with Crippen molar-refractivity contribution < 1.29 is 28.2 Å². The lowest BCUT2D eigenvalue weighted by Crippen LogP contribution is -2.50. The summed E-state index contributed by atoms with van der Waals surface area (Å²) >= 11 is 6.82. The number of hydrogen-bond donors (Lipinski definition) is 0. The number of ether oxygens (including phenoxy) is 3. The lowest BCUT2D eigenvalue weighted by atomic mass is 10.0. The molecule has 1 saturated heterocycles. The van der Waals surface area contributed by atoms with Crippen molar-refractivity contribution in [2.75, 3.05) is 44.8 Å². The smallest absolute Gasteiger partial charge is 0.410 e. The third-order valence-electron chi connectivity index (χ3n) is 8.22. The van der Waals surface area contributed by atoms with E-state index < -0.39 is 23.8 Å². The van der Waals surface area contributed by atoms with Gasteiger partial charge in [-0.3, -0.25) is 4.68 Å². The van der Waals surface area contributed by atoms with Crippen LogP contribution in [0.3, 0.4) is 0 Å². The summed E-state index contributed by atoms with van der Waals surface area (Å²) in [6.07, 6.45) is 2.06. The number of benzene rings is 2. The molecular weight excluding hydrogens is 615 g/mol. The molecule has 4 aromatic rings. The fraction of sp³-hybridized carbons (Fsp3) is 0.455. The van der Waals surface area contributed by atoms with Crippen molar-refractivity contribution in [3.05, 3.63) is 59.3 Å². The van der Waals surface area contributed by atoms with Gasteiger partial charge in [-0.25, -0.2) is 19.0 Å². The summed E-state index contributed by atoms with van der Waals surface area (Å²) in [5.41, 5.74) is 3.64. The molecule has 2 atom stereocenters. The average molecular weight is 653 g/mol. The molecule has 2 aliphatic heterocycles. The number of amides is 1. The minimum atomic E-state index is -1.04. The standard InChI is InChI=1S/C33H38ClFN6O5/c1-6-45-31(42)29(28-26-15-21(35)17-40(26)19-36-28)41-18-24-25(34)16-23(30(44-5)27(24)37-41)20-7-9-22(10-8-20)38-11-13-39(14-12-38)32(43)46-33(2,3)4/h7-10,16,18-19,21,29H,6,11-15,17H2,1-5H3/t21-,29?/m1/s1. The first-order chi connectivity index (χ1) is 22.0. The van der Waals surface area contributed by atoms with Crippen molar-refractivity contribution in [2.45, 2.75) is 58.5 Å². The Balaban J connectivity index is 1.28. The Kier molecular flexibility index (Phi) is 8.58. The zero-order valence-corrected chi connectivity index (χ0v) is 27.4. The topological polar surface area (TPSA) is 104 Å². The maximum Gasteiger partial charge on any atom is 0.410 e. The number of hydrogen-bond acceptors (Lipinski definition) is 8. The van der Waals surface area contributed by atoms with E-state index in [-0.39, 0.29) is 25.7 Å². The molecular formula is C33H38ClFN6O5. The molecule has 0 N–H and O–H groups in total. The van der Waals surface area contributed by atoms with E-state index in [4.69, 9.17) is 30.9 Å². The number of carbonyl (C=O) groups is 2. The highest BCUT2D eigenvalue weighted by molar-refractivity contribution is 6.36. The molecule has 1 unspecified atom stereocenters. The van der Waals surface area contributed by atoms with Crippen LogP contribution in [0.15, 0.2) is 42.9 Å². The van der Waals surface area contributed by atoms with Gasteiger partial charge in [-0.05, 0) is 51.5 Å². The Bertz CT molecular complexity index is 1760. The number of alkyl halides is 1. The van der Waals surface area contributed by atoms with Gasteiger partial charge in [0.05, 0.1) is 37.3 Å². The van der Waals surface area contributed by atoms with Crippen LogP contribution in [0.5, 0.6) is 5.75 Å². The number of carbonyl (C=O) groups excluding carboxylic acids is 2. The zero-order valence-electron chi connectivity index (χ0n) is 26.6. The molecule has 0 aliphatic carbocycles. The van der Waals surface area contributed by atoms with Gasteiger partial charge in [0.15, 0.2) is 11.8 Å². The number of methoxy groups -OCH3 is 1. The largest absolute Gasteiger partial charge is 0.494 e. The van der Waals surface area contributed by atoms with E-state index in [0.29, 0.717) is 59.2 Å². The molecule has 0 radical (unpaired) electrons. The third-order valence-corrected chi connectivity index (χ3v) is 8.53. The van der Waals surface area contributed by atoms with E-state index in [2.05, 4.69) is 9.88 Å². The van der Waals surface area contributed by atoms with E-state index in [9.17, 15) is 14.0 Å². The van der Waals surface area contributed by atoms with E-state index in [0.717, 1.165) is 16.8 Å². The fourth-order valence-corrected chi connectivity index (χ4v) is 6.34. The summed E-state index contributed by atoms with van der Waals surface area (Å²) in [4.78, 5) is 34.2. The number of anilines is 1. The molecule has 2 aromatic carbocycles. The lowest BCUT2D eigenvalue weighted by molar-refractivity contribution is -0.146. The number of piperazine rings is 1. The molecule has 0 saturated carbocycles. The van der Waals surface area contributed by atoms with Crippen LogP contribution in [0.1, 0.15) is 45.1 Å². The Morgan fingerprint density at radius 1 is 1.13 bits per heavy atom. The van der Waals surface area contributed by atoms with Crippen LogP contribution < -0.4 is 9.64 Å².